The summed E-state index contributed by atoms with van der Waals surface area (Å²) in [7, 11) is 1.70. The van der Waals surface area contributed by atoms with Crippen molar-refractivity contribution in [2.24, 2.45) is 0 Å². The van der Waals surface area contributed by atoms with E-state index in [9.17, 15) is 4.79 Å². The van der Waals surface area contributed by atoms with Crippen molar-refractivity contribution in [3.8, 4) is 5.75 Å². The molecular weight excluding hydrogens is 261 g/mol. The van der Waals surface area contributed by atoms with Gasteiger partial charge in [0.15, 0.2) is 0 Å². The second-order valence-corrected chi connectivity index (χ2v) is 4.27. The van der Waals surface area contributed by atoms with Gasteiger partial charge in [0.2, 0.25) is 5.91 Å². The van der Waals surface area contributed by atoms with Crippen LogP contribution in [0.1, 0.15) is 12.5 Å². The fourth-order valence-corrected chi connectivity index (χ4v) is 1.81. The molecule has 0 radical (unpaired) electrons. The fourth-order valence-electron chi connectivity index (χ4n) is 1.41. The Morgan fingerprint density at radius 1 is 1.47 bits per heavy atom. The number of halogens is 2. The Morgan fingerprint density at radius 3 is 2.76 bits per heavy atom. The van der Waals surface area contributed by atoms with Crippen LogP contribution < -0.4 is 4.74 Å². The maximum absolute atomic E-state index is 11.4. The van der Waals surface area contributed by atoms with Gasteiger partial charge in [-0.3, -0.25) is 4.79 Å². The fraction of sp³-hybridized carbons (Fsp3) is 0.417. The molecule has 0 aliphatic heterocycles. The lowest BCUT2D eigenvalue weighted by Gasteiger charge is -2.18. The number of ether oxygens (including phenoxy) is 1. The molecule has 0 heterocycles. The monoisotopic (exact) mass is 275 g/mol. The van der Waals surface area contributed by atoms with Crippen molar-refractivity contribution in [1.29, 1.82) is 0 Å². The van der Waals surface area contributed by atoms with E-state index < -0.39 is 0 Å². The smallest absolute Gasteiger partial charge is 0.237 e. The van der Waals surface area contributed by atoms with Gasteiger partial charge in [0.05, 0.1) is 6.61 Å². The summed E-state index contributed by atoms with van der Waals surface area (Å²) in [5.74, 6) is 0.585. The van der Waals surface area contributed by atoms with E-state index in [0.717, 1.165) is 11.3 Å². The first-order chi connectivity index (χ1) is 8.08. The molecule has 0 unspecified atom stereocenters. The quantitative estimate of drug-likeness (QED) is 0.774. The molecule has 1 aromatic rings. The van der Waals surface area contributed by atoms with Crippen LogP contribution in [0.25, 0.3) is 0 Å². The minimum Gasteiger partial charge on any atom is -0.494 e. The lowest BCUT2D eigenvalue weighted by molar-refractivity contribution is -0.127. The second kappa shape index (κ2) is 6.72. The van der Waals surface area contributed by atoms with Crippen LogP contribution in [0.15, 0.2) is 18.2 Å². The Morgan fingerprint density at radius 2 is 2.18 bits per heavy atom. The zero-order valence-electron chi connectivity index (χ0n) is 9.87. The number of hydrogen-bond donors (Lipinski definition) is 0. The maximum atomic E-state index is 11.4. The molecule has 0 aromatic heterocycles. The SMILES string of the molecule is CCOc1ccc(Cl)cc1CN(C)C(=O)CCl. The van der Waals surface area contributed by atoms with Crippen LogP contribution in [0.3, 0.4) is 0 Å². The van der Waals surface area contributed by atoms with Crippen molar-refractivity contribution >= 4 is 29.1 Å². The number of benzene rings is 1. The van der Waals surface area contributed by atoms with Crippen LogP contribution in [-0.2, 0) is 11.3 Å². The summed E-state index contributed by atoms with van der Waals surface area (Å²) in [6.45, 7) is 2.91. The van der Waals surface area contributed by atoms with Crippen LogP contribution in [0.5, 0.6) is 5.75 Å². The van der Waals surface area contributed by atoms with Crippen molar-refractivity contribution in [1.82, 2.24) is 4.90 Å². The van der Waals surface area contributed by atoms with Crippen LogP contribution in [-0.4, -0.2) is 30.3 Å². The number of carbonyl (C=O) groups excluding carboxylic acids is 1. The van der Waals surface area contributed by atoms with Gasteiger partial charge in [-0.2, -0.15) is 0 Å². The van der Waals surface area contributed by atoms with Crippen LogP contribution >= 0.6 is 23.2 Å². The third-order valence-corrected chi connectivity index (χ3v) is 2.73. The van der Waals surface area contributed by atoms with Crippen molar-refractivity contribution in [2.45, 2.75) is 13.5 Å². The van der Waals surface area contributed by atoms with Gasteiger partial charge < -0.3 is 9.64 Å². The van der Waals surface area contributed by atoms with Gasteiger partial charge in [-0.1, -0.05) is 11.6 Å². The molecule has 0 saturated carbocycles. The Kier molecular flexibility index (Phi) is 5.59. The lowest BCUT2D eigenvalue weighted by atomic mass is 10.2. The third-order valence-electron chi connectivity index (χ3n) is 2.27. The van der Waals surface area contributed by atoms with E-state index in [1.807, 2.05) is 6.92 Å². The predicted molar refractivity (Wildman–Crippen MR) is 69.8 cm³/mol. The van der Waals surface area contributed by atoms with E-state index in [1.165, 1.54) is 0 Å². The van der Waals surface area contributed by atoms with E-state index in [4.69, 9.17) is 27.9 Å². The summed E-state index contributed by atoms with van der Waals surface area (Å²) in [6, 6.07) is 5.37. The minimum atomic E-state index is -0.130. The first-order valence-electron chi connectivity index (χ1n) is 5.29. The zero-order valence-corrected chi connectivity index (χ0v) is 11.4. The van der Waals surface area contributed by atoms with Crippen molar-refractivity contribution in [3.05, 3.63) is 28.8 Å². The highest BCUT2D eigenvalue weighted by Crippen LogP contribution is 2.24. The van der Waals surface area contributed by atoms with E-state index in [0.29, 0.717) is 18.2 Å². The molecule has 0 spiro atoms. The molecule has 3 nitrogen and oxygen atoms in total. The summed E-state index contributed by atoms with van der Waals surface area (Å²) < 4.78 is 5.48. The molecule has 1 aromatic carbocycles. The summed E-state index contributed by atoms with van der Waals surface area (Å²) in [6.07, 6.45) is 0. The van der Waals surface area contributed by atoms with Gasteiger partial charge in [0.25, 0.3) is 0 Å². The zero-order chi connectivity index (χ0) is 12.8. The highest BCUT2D eigenvalue weighted by Gasteiger charge is 2.11. The highest BCUT2D eigenvalue weighted by atomic mass is 35.5. The summed E-state index contributed by atoms with van der Waals surface area (Å²) in [5, 5.41) is 0.621. The van der Waals surface area contributed by atoms with E-state index >= 15 is 0 Å². The lowest BCUT2D eigenvalue weighted by Crippen LogP contribution is -2.27. The van der Waals surface area contributed by atoms with Gasteiger partial charge in [-0.25, -0.2) is 0 Å². The topological polar surface area (TPSA) is 29.5 Å². The first-order valence-corrected chi connectivity index (χ1v) is 6.20. The Bertz CT molecular complexity index is 396. The van der Waals surface area contributed by atoms with E-state index in [-0.39, 0.29) is 11.8 Å². The summed E-state index contributed by atoms with van der Waals surface area (Å²) in [5.41, 5.74) is 0.875. The molecular formula is C12H15Cl2NO2. The molecule has 0 atom stereocenters. The minimum absolute atomic E-state index is 0.0268. The van der Waals surface area contributed by atoms with Gasteiger partial charge in [0, 0.05) is 24.2 Å². The molecule has 0 fully saturated rings. The first kappa shape index (κ1) is 14.1. The Hall–Kier alpha value is -0.930. The standard InChI is InChI=1S/C12H15Cl2NO2/c1-3-17-11-5-4-10(14)6-9(11)8-15(2)12(16)7-13/h4-6H,3,7-8H2,1-2H3. The van der Waals surface area contributed by atoms with Crippen LogP contribution in [0, 0.1) is 0 Å². The van der Waals surface area contributed by atoms with Crippen molar-refractivity contribution in [2.75, 3.05) is 19.5 Å². The molecule has 0 N–H and O–H groups in total. The summed E-state index contributed by atoms with van der Waals surface area (Å²) in [4.78, 5) is 12.9. The van der Waals surface area contributed by atoms with E-state index in [1.54, 1.807) is 30.1 Å². The number of nitrogens with zero attached hydrogens (tertiary/aromatic N) is 1. The number of alkyl halides is 1. The van der Waals surface area contributed by atoms with Crippen LogP contribution in [0.2, 0.25) is 5.02 Å². The molecule has 5 heteroatoms. The van der Waals surface area contributed by atoms with Crippen molar-refractivity contribution in [3.63, 3.8) is 0 Å². The van der Waals surface area contributed by atoms with Gasteiger partial charge in [-0.15, -0.1) is 11.6 Å². The average molecular weight is 276 g/mol. The third kappa shape index (κ3) is 4.10. The average Bonchev–Trinajstić information content (AvgIpc) is 2.31. The largest absolute Gasteiger partial charge is 0.494 e. The van der Waals surface area contributed by atoms with Gasteiger partial charge >= 0.3 is 0 Å². The molecule has 0 bridgehead atoms. The maximum Gasteiger partial charge on any atom is 0.237 e. The van der Waals surface area contributed by atoms with Gasteiger partial charge in [0.1, 0.15) is 11.6 Å². The normalized spacial score (nSPS) is 10.1. The second-order valence-electron chi connectivity index (χ2n) is 3.57. The predicted octanol–water partition coefficient (Wildman–Crippen LogP) is 2.94. The molecule has 94 valence electrons. The van der Waals surface area contributed by atoms with E-state index in [2.05, 4.69) is 0 Å². The molecule has 1 amide bonds. The highest BCUT2D eigenvalue weighted by molar-refractivity contribution is 6.30. The molecule has 1 rings (SSSR count). The number of rotatable bonds is 5. The molecule has 17 heavy (non-hydrogen) atoms. The summed E-state index contributed by atoms with van der Waals surface area (Å²) >= 11 is 11.4. The Labute approximate surface area is 111 Å². The molecule has 0 aliphatic rings. The number of amides is 1. The molecule has 0 saturated heterocycles. The number of hydrogen-bond acceptors (Lipinski definition) is 2. The van der Waals surface area contributed by atoms with Crippen LogP contribution in [0.4, 0.5) is 0 Å². The number of carbonyl (C=O) groups is 1. The Balaban J connectivity index is 2.87. The molecule has 0 aliphatic carbocycles. The van der Waals surface area contributed by atoms with Crippen molar-refractivity contribution < 1.29 is 9.53 Å². The van der Waals surface area contributed by atoms with Gasteiger partial charge in [-0.05, 0) is 25.1 Å².